The van der Waals surface area contributed by atoms with Gasteiger partial charge in [0.1, 0.15) is 12.4 Å². The van der Waals surface area contributed by atoms with E-state index >= 15 is 0 Å². The molecule has 0 atom stereocenters. The summed E-state index contributed by atoms with van der Waals surface area (Å²) in [7, 11) is 0. The highest BCUT2D eigenvalue weighted by Gasteiger charge is 2.09. The summed E-state index contributed by atoms with van der Waals surface area (Å²) < 4.78 is 7.88. The van der Waals surface area contributed by atoms with Gasteiger partial charge in [0, 0.05) is 6.54 Å². The maximum atomic E-state index is 12.1. The van der Waals surface area contributed by atoms with Gasteiger partial charge in [0.15, 0.2) is 4.80 Å². The van der Waals surface area contributed by atoms with Gasteiger partial charge in [0.2, 0.25) is 0 Å². The van der Waals surface area contributed by atoms with Crippen molar-refractivity contribution in [1.29, 1.82) is 0 Å². The minimum atomic E-state index is 0.0539. The number of nitrogens with zero attached hydrogens (tertiary/aromatic N) is 2. The molecule has 1 aromatic heterocycles. The number of hydrogen-bond acceptors (Lipinski definition) is 4. The van der Waals surface area contributed by atoms with Crippen molar-refractivity contribution in [3.63, 3.8) is 0 Å². The van der Waals surface area contributed by atoms with Crippen molar-refractivity contribution < 1.29 is 4.74 Å². The van der Waals surface area contributed by atoms with Crippen LogP contribution in [0.1, 0.15) is 5.56 Å². The smallest absolute Gasteiger partial charge is 0.270 e. The van der Waals surface area contributed by atoms with Crippen molar-refractivity contribution in [3.05, 3.63) is 62.2 Å². The van der Waals surface area contributed by atoms with E-state index in [1.807, 2.05) is 30.3 Å². The molecule has 0 N–H and O–H groups in total. The maximum absolute atomic E-state index is 12.1. The van der Waals surface area contributed by atoms with Crippen molar-refractivity contribution >= 4 is 17.4 Å². The highest BCUT2D eigenvalue weighted by molar-refractivity contribution is 7.07. The molecule has 3 rings (SSSR count). The zero-order valence-electron chi connectivity index (χ0n) is 10.9. The molecule has 4 nitrogen and oxygen atoms in total. The molecule has 0 unspecified atom stereocenters. The Morgan fingerprint density at radius 1 is 1.40 bits per heavy atom. The Bertz CT molecular complexity index is 800. The van der Waals surface area contributed by atoms with Gasteiger partial charge in [0.05, 0.1) is 11.1 Å². The van der Waals surface area contributed by atoms with Crippen LogP contribution in [0, 0.1) is 0 Å². The molecule has 0 fully saturated rings. The lowest BCUT2D eigenvalue weighted by molar-refractivity contribution is 0.363. The summed E-state index contributed by atoms with van der Waals surface area (Å²) in [5.74, 6) is 0.794. The van der Waals surface area contributed by atoms with Crippen LogP contribution in [-0.2, 0) is 6.54 Å². The highest BCUT2D eigenvalue weighted by atomic mass is 32.1. The van der Waals surface area contributed by atoms with Crippen molar-refractivity contribution in [2.24, 2.45) is 4.99 Å². The molecular formula is C15H14N2O2S. The fourth-order valence-electron chi connectivity index (χ4n) is 2.04. The van der Waals surface area contributed by atoms with Crippen LogP contribution in [0.2, 0.25) is 0 Å². The van der Waals surface area contributed by atoms with Gasteiger partial charge in [-0.05, 0) is 23.8 Å². The first kappa shape index (κ1) is 12.9. The number of hydrogen-bond donors (Lipinski definition) is 0. The van der Waals surface area contributed by atoms with E-state index in [-0.39, 0.29) is 5.56 Å². The molecule has 0 radical (unpaired) electrons. The lowest BCUT2D eigenvalue weighted by Gasteiger charge is -2.02. The number of ether oxygens (including phenoxy) is 1. The first-order valence-electron chi connectivity index (χ1n) is 6.37. The molecule has 1 aliphatic heterocycles. The van der Waals surface area contributed by atoms with Gasteiger partial charge in [-0.2, -0.15) is 0 Å². The normalized spacial score (nSPS) is 13.9. The lowest BCUT2D eigenvalue weighted by Crippen LogP contribution is -2.29. The fraction of sp³-hybridized carbons (Fsp3) is 0.200. The topological polar surface area (TPSA) is 43.6 Å². The average molecular weight is 286 g/mol. The van der Waals surface area contributed by atoms with Gasteiger partial charge in [0.25, 0.3) is 5.56 Å². The van der Waals surface area contributed by atoms with Crippen LogP contribution in [0.3, 0.4) is 0 Å². The van der Waals surface area contributed by atoms with Gasteiger partial charge in [-0.15, -0.1) is 0 Å². The van der Waals surface area contributed by atoms with E-state index < -0.39 is 0 Å². The van der Waals surface area contributed by atoms with E-state index in [2.05, 4.69) is 11.6 Å². The molecule has 0 amide bonds. The van der Waals surface area contributed by atoms with Gasteiger partial charge in [-0.25, -0.2) is 0 Å². The molecule has 0 aliphatic carbocycles. The summed E-state index contributed by atoms with van der Waals surface area (Å²) >= 11 is 1.45. The van der Waals surface area contributed by atoms with Gasteiger partial charge >= 0.3 is 0 Å². The van der Waals surface area contributed by atoms with Gasteiger partial charge in [-0.1, -0.05) is 36.1 Å². The third-order valence-electron chi connectivity index (χ3n) is 3.00. The molecule has 1 aromatic carbocycles. The molecule has 5 heteroatoms. The van der Waals surface area contributed by atoms with E-state index in [9.17, 15) is 4.79 Å². The van der Waals surface area contributed by atoms with Gasteiger partial charge < -0.3 is 4.74 Å². The molecular weight excluding hydrogens is 272 g/mol. The quantitative estimate of drug-likeness (QED) is 0.785. The van der Waals surface area contributed by atoms with E-state index in [1.54, 1.807) is 10.6 Å². The summed E-state index contributed by atoms with van der Waals surface area (Å²) in [4.78, 5) is 17.2. The van der Waals surface area contributed by atoms with Crippen LogP contribution < -0.4 is 19.6 Å². The first-order chi connectivity index (χ1) is 9.78. The molecule has 20 heavy (non-hydrogen) atoms. The second-order valence-corrected chi connectivity index (χ2v) is 5.41. The van der Waals surface area contributed by atoms with Crippen molar-refractivity contribution in [2.45, 2.75) is 6.54 Å². The minimum absolute atomic E-state index is 0.0539. The number of aromatic nitrogens is 1. The molecule has 2 heterocycles. The van der Waals surface area contributed by atoms with Crippen LogP contribution in [-0.4, -0.2) is 17.7 Å². The summed E-state index contributed by atoms with van der Waals surface area (Å²) in [5, 5.41) is 0. The zero-order chi connectivity index (χ0) is 13.9. The van der Waals surface area contributed by atoms with Crippen molar-refractivity contribution in [2.75, 3.05) is 13.2 Å². The summed E-state index contributed by atoms with van der Waals surface area (Å²) in [6.07, 6.45) is 3.60. The summed E-state index contributed by atoms with van der Waals surface area (Å²) in [6.45, 7) is 5.52. The molecule has 0 spiro atoms. The molecule has 0 saturated carbocycles. The van der Waals surface area contributed by atoms with Crippen LogP contribution >= 0.6 is 11.3 Å². The Morgan fingerprint density at radius 2 is 2.20 bits per heavy atom. The third-order valence-corrected chi connectivity index (χ3v) is 4.05. The van der Waals surface area contributed by atoms with Crippen LogP contribution in [0.5, 0.6) is 5.75 Å². The number of fused-ring (bicyclic) bond motifs is 1. The molecule has 0 bridgehead atoms. The van der Waals surface area contributed by atoms with Crippen LogP contribution in [0.15, 0.2) is 46.7 Å². The Morgan fingerprint density at radius 3 is 2.90 bits per heavy atom. The lowest BCUT2D eigenvalue weighted by atomic mass is 10.2. The van der Waals surface area contributed by atoms with E-state index in [1.165, 1.54) is 11.3 Å². The van der Waals surface area contributed by atoms with Crippen molar-refractivity contribution in [3.8, 4) is 5.75 Å². The second kappa shape index (κ2) is 5.46. The van der Waals surface area contributed by atoms with Crippen LogP contribution in [0.25, 0.3) is 6.08 Å². The summed E-state index contributed by atoms with van der Waals surface area (Å²) in [6, 6.07) is 7.65. The Labute approximate surface area is 120 Å². The molecule has 0 saturated heterocycles. The average Bonchev–Trinajstić information content (AvgIpc) is 3.03. The Balaban J connectivity index is 1.92. The first-order valence-corrected chi connectivity index (χ1v) is 7.19. The SMILES string of the molecule is C=CCOc1ccc(/C=c2\sc3n(c2=O)CCN=3)cc1. The number of benzene rings is 1. The minimum Gasteiger partial charge on any atom is -0.490 e. The van der Waals surface area contributed by atoms with E-state index in [4.69, 9.17) is 4.74 Å². The Hall–Kier alpha value is -2.14. The van der Waals surface area contributed by atoms with E-state index in [0.717, 1.165) is 27.2 Å². The van der Waals surface area contributed by atoms with E-state index in [0.29, 0.717) is 13.2 Å². The summed E-state index contributed by atoms with van der Waals surface area (Å²) in [5.41, 5.74) is 1.03. The predicted molar refractivity (Wildman–Crippen MR) is 79.9 cm³/mol. The maximum Gasteiger partial charge on any atom is 0.270 e. The number of rotatable bonds is 4. The molecule has 1 aliphatic rings. The molecule has 102 valence electrons. The molecule has 2 aromatic rings. The highest BCUT2D eigenvalue weighted by Crippen LogP contribution is 2.12. The van der Waals surface area contributed by atoms with Crippen molar-refractivity contribution in [1.82, 2.24) is 4.57 Å². The monoisotopic (exact) mass is 286 g/mol. The standard InChI is InChI=1S/C15H14N2O2S/c1-2-9-19-12-5-3-11(4-6-12)10-13-14(18)17-8-7-16-15(17)20-13/h2-6,10H,1,7-9H2/b13-10-. The third kappa shape index (κ3) is 2.44. The fourth-order valence-corrected chi connectivity index (χ4v) is 3.06. The number of thiazole rings is 1. The largest absolute Gasteiger partial charge is 0.490 e. The zero-order valence-corrected chi connectivity index (χ0v) is 11.7. The second-order valence-electron chi connectivity index (χ2n) is 4.40. The van der Waals surface area contributed by atoms with Crippen LogP contribution in [0.4, 0.5) is 0 Å². The Kier molecular flexibility index (Phi) is 3.52. The predicted octanol–water partition coefficient (Wildman–Crippen LogP) is 0.937. The van der Waals surface area contributed by atoms with Gasteiger partial charge in [-0.3, -0.25) is 14.4 Å².